The summed E-state index contributed by atoms with van der Waals surface area (Å²) in [5.74, 6) is -1.45. The van der Waals surface area contributed by atoms with Crippen molar-refractivity contribution in [3.63, 3.8) is 0 Å². The predicted octanol–water partition coefficient (Wildman–Crippen LogP) is 2.16. The summed E-state index contributed by atoms with van der Waals surface area (Å²) in [5, 5.41) is 9.51. The molecule has 11 heteroatoms. The summed E-state index contributed by atoms with van der Waals surface area (Å²) >= 11 is 0. The van der Waals surface area contributed by atoms with E-state index in [-0.39, 0.29) is 25.0 Å². The molecule has 1 aliphatic rings. The summed E-state index contributed by atoms with van der Waals surface area (Å²) in [5.41, 5.74) is -1.54. The molecule has 1 amide bonds. The fourth-order valence-corrected chi connectivity index (χ4v) is 4.47. The number of sulfone groups is 1. The summed E-state index contributed by atoms with van der Waals surface area (Å²) in [6.45, 7) is 0. The summed E-state index contributed by atoms with van der Waals surface area (Å²) in [7, 11) is -4.92. The number of alkyl halides is 4. The van der Waals surface area contributed by atoms with Crippen LogP contribution in [0.4, 0.5) is 26.7 Å². The highest BCUT2D eigenvalue weighted by molar-refractivity contribution is 7.92. The van der Waals surface area contributed by atoms with Gasteiger partial charge in [-0.15, -0.1) is 0 Å². The van der Waals surface area contributed by atoms with Gasteiger partial charge in [0, 0.05) is 6.04 Å². The molecule has 1 saturated carbocycles. The van der Waals surface area contributed by atoms with Gasteiger partial charge in [0.2, 0.25) is 14.8 Å². The quantitative estimate of drug-likeness (QED) is 0.807. The molecule has 0 radical (unpaired) electrons. The molecule has 0 unspecified atom stereocenters. The zero-order valence-corrected chi connectivity index (χ0v) is 13.4. The van der Waals surface area contributed by atoms with Crippen molar-refractivity contribution in [1.82, 2.24) is 5.32 Å². The lowest BCUT2D eigenvalue weighted by molar-refractivity contribution is -0.252. The molecule has 0 heterocycles. The van der Waals surface area contributed by atoms with Gasteiger partial charge in [0.25, 0.3) is 0 Å². The van der Waals surface area contributed by atoms with Crippen LogP contribution < -0.4 is 10.4 Å². The predicted molar refractivity (Wildman–Crippen MR) is 73.2 cm³/mol. The first-order chi connectivity index (χ1) is 11.3. The van der Waals surface area contributed by atoms with Gasteiger partial charge in [-0.3, -0.25) is 0 Å². The zero-order valence-electron chi connectivity index (χ0n) is 12.6. The van der Waals surface area contributed by atoms with E-state index in [1.54, 1.807) is 0 Å². The lowest BCUT2D eigenvalue weighted by Crippen LogP contribution is -2.48. The summed E-state index contributed by atoms with van der Waals surface area (Å²) in [4.78, 5) is 9.33. The van der Waals surface area contributed by atoms with Gasteiger partial charge in [-0.1, -0.05) is 0 Å². The number of carbonyl (C=O) groups is 1. The van der Waals surface area contributed by atoms with E-state index in [1.807, 2.05) is 5.32 Å². The van der Waals surface area contributed by atoms with Crippen molar-refractivity contribution in [3.05, 3.63) is 29.6 Å². The molecule has 140 valence electrons. The number of hydrogen-bond acceptors (Lipinski definition) is 4. The van der Waals surface area contributed by atoms with Gasteiger partial charge >= 0.3 is 6.18 Å². The highest BCUT2D eigenvalue weighted by Gasteiger charge is 2.48. The van der Waals surface area contributed by atoms with E-state index >= 15 is 0 Å². The zero-order chi connectivity index (χ0) is 19.0. The molecule has 0 aliphatic heterocycles. The third kappa shape index (κ3) is 4.02. The Morgan fingerprint density at radius 2 is 1.76 bits per heavy atom. The smallest absolute Gasteiger partial charge is 0.416 e. The molecule has 1 aliphatic carbocycles. The van der Waals surface area contributed by atoms with E-state index < -0.39 is 62.3 Å². The van der Waals surface area contributed by atoms with E-state index in [9.17, 15) is 40.3 Å². The molecule has 2 rings (SSSR count). The van der Waals surface area contributed by atoms with Gasteiger partial charge in [-0.2, -0.15) is 13.2 Å². The third-order valence-corrected chi connectivity index (χ3v) is 6.27. The van der Waals surface area contributed by atoms with Crippen molar-refractivity contribution in [3.8, 4) is 0 Å². The Balaban J connectivity index is 2.33. The Hall–Kier alpha value is -1.91. The van der Waals surface area contributed by atoms with Crippen LogP contribution in [0.3, 0.4) is 0 Å². The second-order valence-electron chi connectivity index (χ2n) is 5.77. The number of hydrogen-bond donors (Lipinski definition) is 1. The number of carbonyl (C=O) groups excluding carboxylic acids is 1. The Kier molecular flexibility index (Phi) is 4.99. The fourth-order valence-electron chi connectivity index (χ4n) is 2.72. The fraction of sp³-hybridized carbons (Fsp3) is 0.500. The second-order valence-corrected chi connectivity index (χ2v) is 7.98. The van der Waals surface area contributed by atoms with Gasteiger partial charge in [-0.25, -0.2) is 17.2 Å². The van der Waals surface area contributed by atoms with Crippen LogP contribution >= 0.6 is 0 Å². The van der Waals surface area contributed by atoms with Crippen molar-refractivity contribution in [2.45, 2.75) is 47.8 Å². The van der Waals surface area contributed by atoms with E-state index in [2.05, 4.69) is 0 Å². The monoisotopic (exact) mass is 386 g/mol. The summed E-state index contributed by atoms with van der Waals surface area (Å²) in [6, 6.07) is -0.0879. The minimum atomic E-state index is -4.99. The van der Waals surface area contributed by atoms with Crippen LogP contribution in [0.2, 0.25) is 0 Å². The van der Waals surface area contributed by atoms with E-state index in [4.69, 9.17) is 0 Å². The molecule has 0 atom stereocenters. The molecule has 25 heavy (non-hydrogen) atoms. The standard InChI is InChI=1S/C14H14F5NO4S/c15-9-5-8(14(17,18)19)6-11(7-9)25(23,24)13(16)3-1-10(2-4-13)20-12(21)22/h5-7,10,20H,1-4H2,(H,21,22)/p-1. The van der Waals surface area contributed by atoms with Crippen LogP contribution in [0.1, 0.15) is 31.2 Å². The molecule has 0 saturated heterocycles. The van der Waals surface area contributed by atoms with Gasteiger partial charge in [0.05, 0.1) is 10.5 Å². The third-order valence-electron chi connectivity index (χ3n) is 4.04. The molecule has 0 aromatic heterocycles. The Labute approximate surface area is 139 Å². The van der Waals surface area contributed by atoms with Crippen LogP contribution in [0, 0.1) is 5.82 Å². The minimum Gasteiger partial charge on any atom is -0.530 e. The first-order valence-electron chi connectivity index (χ1n) is 7.14. The molecule has 0 spiro atoms. The first kappa shape index (κ1) is 19.4. The molecule has 1 fully saturated rings. The highest BCUT2D eigenvalue weighted by atomic mass is 32.2. The molecular formula is C14H13F5NO4S-. The second kappa shape index (κ2) is 6.43. The number of carboxylic acid groups (broad SMARTS) is 1. The Bertz CT molecular complexity index is 770. The number of rotatable bonds is 3. The SMILES string of the molecule is O=C([O-])NC1CCC(F)(S(=O)(=O)c2cc(F)cc(C(F)(F)F)c2)CC1. The van der Waals surface area contributed by atoms with Gasteiger partial charge in [0.15, 0.2) is 0 Å². The Morgan fingerprint density at radius 1 is 1.20 bits per heavy atom. The van der Waals surface area contributed by atoms with Crippen molar-refractivity contribution >= 4 is 15.9 Å². The average Bonchev–Trinajstić information content (AvgIpc) is 2.47. The van der Waals surface area contributed by atoms with E-state index in [1.165, 1.54) is 0 Å². The minimum absolute atomic E-state index is 0.116. The maximum atomic E-state index is 14.9. The van der Waals surface area contributed by atoms with Crippen molar-refractivity contribution < 1.29 is 40.3 Å². The van der Waals surface area contributed by atoms with Gasteiger partial charge in [0.1, 0.15) is 11.9 Å². The van der Waals surface area contributed by atoms with Crippen LogP contribution in [-0.2, 0) is 16.0 Å². The molecule has 1 N–H and O–H groups in total. The largest absolute Gasteiger partial charge is 0.530 e. The van der Waals surface area contributed by atoms with Crippen LogP contribution in [-0.4, -0.2) is 25.6 Å². The lowest BCUT2D eigenvalue weighted by atomic mass is 9.93. The molecular weight excluding hydrogens is 373 g/mol. The number of benzene rings is 1. The highest BCUT2D eigenvalue weighted by Crippen LogP contribution is 2.41. The van der Waals surface area contributed by atoms with Crippen LogP contribution in [0.15, 0.2) is 23.1 Å². The molecule has 0 bridgehead atoms. The van der Waals surface area contributed by atoms with Crippen molar-refractivity contribution in [1.29, 1.82) is 0 Å². The maximum absolute atomic E-state index is 14.9. The summed E-state index contributed by atoms with van der Waals surface area (Å²) in [6.07, 6.45) is -8.25. The van der Waals surface area contributed by atoms with Crippen LogP contribution in [0.5, 0.6) is 0 Å². The van der Waals surface area contributed by atoms with E-state index in [0.717, 1.165) is 0 Å². The number of amides is 1. The normalized spacial score (nSPS) is 24.8. The molecule has 5 nitrogen and oxygen atoms in total. The maximum Gasteiger partial charge on any atom is 0.416 e. The van der Waals surface area contributed by atoms with Gasteiger partial charge in [-0.05, 0) is 43.9 Å². The topological polar surface area (TPSA) is 86.3 Å². The molecule has 1 aromatic rings. The van der Waals surface area contributed by atoms with Crippen molar-refractivity contribution in [2.24, 2.45) is 0 Å². The van der Waals surface area contributed by atoms with Crippen molar-refractivity contribution in [2.75, 3.05) is 0 Å². The molecule has 1 aromatic carbocycles. The van der Waals surface area contributed by atoms with Crippen LogP contribution in [0.25, 0.3) is 0 Å². The lowest BCUT2D eigenvalue weighted by Gasteiger charge is -2.34. The summed E-state index contributed by atoms with van der Waals surface area (Å²) < 4.78 is 91.3. The Morgan fingerprint density at radius 3 is 2.24 bits per heavy atom. The number of nitrogens with one attached hydrogen (secondary N) is 1. The van der Waals surface area contributed by atoms with E-state index in [0.29, 0.717) is 6.07 Å². The van der Waals surface area contributed by atoms with Gasteiger partial charge < -0.3 is 15.2 Å². The average molecular weight is 386 g/mol. The first-order valence-corrected chi connectivity index (χ1v) is 8.62. The number of halogens is 5.